The Morgan fingerprint density at radius 1 is 1.12 bits per heavy atom. The van der Waals surface area contributed by atoms with E-state index >= 15 is 0 Å². The molecule has 0 N–H and O–H groups in total. The summed E-state index contributed by atoms with van der Waals surface area (Å²) >= 11 is 0. The van der Waals surface area contributed by atoms with Gasteiger partial charge in [-0.3, -0.25) is 4.79 Å². The van der Waals surface area contributed by atoms with Crippen LogP contribution in [0, 0.1) is 6.92 Å². The lowest BCUT2D eigenvalue weighted by Crippen LogP contribution is -2.49. The van der Waals surface area contributed by atoms with Gasteiger partial charge in [-0.2, -0.15) is 5.10 Å². The SMILES string of the molecule is Cc1oncc1C(=O)N1CCN(c2ccc(-n3cccn3)nn2)CC1. The predicted octanol–water partition coefficient (Wildman–Crippen LogP) is 0.921. The molecule has 0 aliphatic carbocycles. The minimum atomic E-state index is -0.0430. The lowest BCUT2D eigenvalue weighted by atomic mass is 10.2. The van der Waals surface area contributed by atoms with Crippen LogP contribution >= 0.6 is 0 Å². The lowest BCUT2D eigenvalue weighted by molar-refractivity contribution is 0.0744. The maximum absolute atomic E-state index is 12.5. The van der Waals surface area contributed by atoms with Crippen LogP contribution in [0.25, 0.3) is 5.82 Å². The molecule has 0 aromatic carbocycles. The summed E-state index contributed by atoms with van der Waals surface area (Å²) in [6, 6.07) is 5.64. The van der Waals surface area contributed by atoms with Crippen molar-refractivity contribution >= 4 is 11.7 Å². The zero-order chi connectivity index (χ0) is 17.2. The molecule has 4 heterocycles. The topological polar surface area (TPSA) is 93.2 Å². The van der Waals surface area contributed by atoms with Crippen molar-refractivity contribution in [2.24, 2.45) is 0 Å². The molecule has 0 spiro atoms. The van der Waals surface area contributed by atoms with Gasteiger partial charge in [0.1, 0.15) is 11.3 Å². The van der Waals surface area contributed by atoms with Gasteiger partial charge in [0.25, 0.3) is 5.91 Å². The number of carbonyl (C=O) groups excluding carboxylic acids is 1. The molecule has 1 saturated heterocycles. The van der Waals surface area contributed by atoms with E-state index in [1.54, 1.807) is 17.8 Å². The lowest BCUT2D eigenvalue weighted by Gasteiger charge is -2.35. The number of anilines is 1. The third-order valence-electron chi connectivity index (χ3n) is 4.25. The fraction of sp³-hybridized carbons (Fsp3) is 0.312. The number of hydrogen-bond donors (Lipinski definition) is 0. The van der Waals surface area contributed by atoms with Gasteiger partial charge in [0, 0.05) is 38.6 Å². The zero-order valence-electron chi connectivity index (χ0n) is 13.7. The monoisotopic (exact) mass is 339 g/mol. The van der Waals surface area contributed by atoms with Gasteiger partial charge in [-0.1, -0.05) is 5.16 Å². The van der Waals surface area contributed by atoms with Gasteiger partial charge < -0.3 is 14.3 Å². The first-order valence-electron chi connectivity index (χ1n) is 8.01. The molecule has 0 radical (unpaired) electrons. The van der Waals surface area contributed by atoms with E-state index in [1.807, 2.05) is 29.3 Å². The fourth-order valence-electron chi connectivity index (χ4n) is 2.83. The van der Waals surface area contributed by atoms with E-state index in [-0.39, 0.29) is 5.91 Å². The molecule has 3 aromatic rings. The van der Waals surface area contributed by atoms with Gasteiger partial charge in [-0.05, 0) is 25.1 Å². The van der Waals surface area contributed by atoms with Gasteiger partial charge in [0.2, 0.25) is 0 Å². The Kier molecular flexibility index (Phi) is 3.88. The average molecular weight is 339 g/mol. The number of hydrogen-bond acceptors (Lipinski definition) is 7. The smallest absolute Gasteiger partial charge is 0.259 e. The Bertz CT molecular complexity index is 849. The zero-order valence-corrected chi connectivity index (χ0v) is 13.7. The van der Waals surface area contributed by atoms with E-state index in [2.05, 4.69) is 25.4 Å². The molecule has 4 rings (SSSR count). The molecule has 0 atom stereocenters. The molecule has 0 saturated carbocycles. The third kappa shape index (κ3) is 2.95. The van der Waals surface area contributed by atoms with Crippen molar-refractivity contribution in [1.29, 1.82) is 0 Å². The first kappa shape index (κ1) is 15.3. The molecule has 1 aliphatic heterocycles. The van der Waals surface area contributed by atoms with Crippen LogP contribution in [0.1, 0.15) is 16.1 Å². The molecular weight excluding hydrogens is 322 g/mol. The van der Waals surface area contributed by atoms with Crippen molar-refractivity contribution in [2.75, 3.05) is 31.1 Å². The van der Waals surface area contributed by atoms with Crippen molar-refractivity contribution in [3.05, 3.63) is 48.1 Å². The van der Waals surface area contributed by atoms with Crippen molar-refractivity contribution in [2.45, 2.75) is 6.92 Å². The van der Waals surface area contributed by atoms with E-state index in [1.165, 1.54) is 6.20 Å². The van der Waals surface area contributed by atoms with Crippen LogP contribution in [0.5, 0.6) is 0 Å². The minimum absolute atomic E-state index is 0.0430. The van der Waals surface area contributed by atoms with Gasteiger partial charge >= 0.3 is 0 Å². The van der Waals surface area contributed by atoms with E-state index < -0.39 is 0 Å². The molecule has 9 nitrogen and oxygen atoms in total. The fourth-order valence-corrected chi connectivity index (χ4v) is 2.83. The largest absolute Gasteiger partial charge is 0.361 e. The average Bonchev–Trinajstić information content (AvgIpc) is 3.33. The maximum Gasteiger partial charge on any atom is 0.259 e. The quantitative estimate of drug-likeness (QED) is 0.700. The Balaban J connectivity index is 1.40. The van der Waals surface area contributed by atoms with Gasteiger partial charge in [0.05, 0.1) is 6.20 Å². The highest BCUT2D eigenvalue weighted by atomic mass is 16.5. The van der Waals surface area contributed by atoms with Gasteiger partial charge in [-0.25, -0.2) is 4.68 Å². The first-order chi connectivity index (χ1) is 12.2. The summed E-state index contributed by atoms with van der Waals surface area (Å²) in [7, 11) is 0. The van der Waals surface area contributed by atoms with Crippen LogP contribution in [-0.2, 0) is 0 Å². The van der Waals surface area contributed by atoms with Crippen molar-refractivity contribution in [1.82, 2.24) is 30.0 Å². The molecule has 0 unspecified atom stereocenters. The summed E-state index contributed by atoms with van der Waals surface area (Å²) in [4.78, 5) is 16.4. The maximum atomic E-state index is 12.5. The Morgan fingerprint density at radius 3 is 2.48 bits per heavy atom. The summed E-state index contributed by atoms with van der Waals surface area (Å²) in [5.74, 6) is 1.97. The van der Waals surface area contributed by atoms with Crippen LogP contribution in [0.3, 0.4) is 0 Å². The molecule has 1 fully saturated rings. The number of nitrogens with zero attached hydrogens (tertiary/aromatic N) is 7. The first-order valence-corrected chi connectivity index (χ1v) is 8.01. The van der Waals surface area contributed by atoms with Crippen LogP contribution in [0.2, 0.25) is 0 Å². The summed E-state index contributed by atoms with van der Waals surface area (Å²) in [6.45, 7) is 4.38. The standard InChI is InChI=1S/C16H17N7O2/c1-12-13(11-18-25-12)16(24)22-9-7-21(8-10-22)14-3-4-15(20-19-14)23-6-2-5-17-23/h2-6,11H,7-10H2,1H3. The van der Waals surface area contributed by atoms with E-state index in [0.717, 1.165) is 5.82 Å². The van der Waals surface area contributed by atoms with E-state index in [0.29, 0.717) is 43.3 Å². The van der Waals surface area contributed by atoms with Crippen LogP contribution in [0.4, 0.5) is 5.82 Å². The molecule has 1 amide bonds. The van der Waals surface area contributed by atoms with Crippen LogP contribution in [0.15, 0.2) is 41.3 Å². The second-order valence-electron chi connectivity index (χ2n) is 5.78. The van der Waals surface area contributed by atoms with Crippen molar-refractivity contribution in [3.8, 4) is 5.82 Å². The molecule has 3 aromatic heterocycles. The number of rotatable bonds is 3. The molecule has 9 heteroatoms. The number of aryl methyl sites for hydroxylation is 1. The summed E-state index contributed by atoms with van der Waals surface area (Å²) in [5, 5.41) is 16.3. The Hall–Kier alpha value is -3.23. The third-order valence-corrected chi connectivity index (χ3v) is 4.25. The molecular formula is C16H17N7O2. The molecule has 128 valence electrons. The van der Waals surface area contributed by atoms with E-state index in [4.69, 9.17) is 4.52 Å². The van der Waals surface area contributed by atoms with Gasteiger partial charge in [-0.15, -0.1) is 10.2 Å². The van der Waals surface area contributed by atoms with Gasteiger partial charge in [0.15, 0.2) is 11.6 Å². The minimum Gasteiger partial charge on any atom is -0.361 e. The molecule has 0 bridgehead atoms. The summed E-state index contributed by atoms with van der Waals surface area (Å²) in [6.07, 6.45) is 4.99. The Morgan fingerprint density at radius 2 is 1.88 bits per heavy atom. The number of amides is 1. The van der Waals surface area contributed by atoms with E-state index in [9.17, 15) is 4.79 Å². The second-order valence-corrected chi connectivity index (χ2v) is 5.78. The highest BCUT2D eigenvalue weighted by Crippen LogP contribution is 2.16. The molecule has 1 aliphatic rings. The summed E-state index contributed by atoms with van der Waals surface area (Å²) in [5.41, 5.74) is 0.525. The van der Waals surface area contributed by atoms with Crippen LogP contribution in [-0.4, -0.2) is 62.1 Å². The number of carbonyl (C=O) groups is 1. The predicted molar refractivity (Wildman–Crippen MR) is 88.5 cm³/mol. The number of piperazine rings is 1. The van der Waals surface area contributed by atoms with Crippen LogP contribution < -0.4 is 4.90 Å². The second kappa shape index (κ2) is 6.34. The highest BCUT2D eigenvalue weighted by Gasteiger charge is 2.25. The summed E-state index contributed by atoms with van der Waals surface area (Å²) < 4.78 is 6.64. The normalized spacial score (nSPS) is 14.8. The molecule has 25 heavy (non-hydrogen) atoms. The van der Waals surface area contributed by atoms with Crippen molar-refractivity contribution in [3.63, 3.8) is 0 Å². The van der Waals surface area contributed by atoms with Crippen molar-refractivity contribution < 1.29 is 9.32 Å². The Labute approximate surface area is 143 Å². The number of aromatic nitrogens is 5. The highest BCUT2D eigenvalue weighted by molar-refractivity contribution is 5.94.